The van der Waals surface area contributed by atoms with E-state index < -0.39 is 41.8 Å². The van der Waals surface area contributed by atoms with Crippen molar-refractivity contribution in [1.82, 2.24) is 0 Å². The lowest BCUT2D eigenvalue weighted by Gasteiger charge is -2.42. The Morgan fingerprint density at radius 3 is 1.73 bits per heavy atom. The van der Waals surface area contributed by atoms with Gasteiger partial charge >= 0.3 is 11.9 Å². The Morgan fingerprint density at radius 2 is 1.21 bits per heavy atom. The lowest BCUT2D eigenvalue weighted by Crippen LogP contribution is -2.58. The molecule has 0 aromatic heterocycles. The van der Waals surface area contributed by atoms with E-state index in [-0.39, 0.29) is 0 Å². The van der Waals surface area contributed by atoms with Gasteiger partial charge < -0.3 is 19.3 Å². The zero-order valence-corrected chi connectivity index (χ0v) is 18.8. The van der Waals surface area contributed by atoms with Gasteiger partial charge in [-0.3, -0.25) is 0 Å². The highest BCUT2D eigenvalue weighted by molar-refractivity contribution is 7.99. The normalized spacial score (nSPS) is 24.6. The zero-order chi connectivity index (χ0) is 23.2. The second kappa shape index (κ2) is 10.7. The van der Waals surface area contributed by atoms with Crippen molar-refractivity contribution < 1.29 is 28.9 Å². The molecule has 0 spiro atoms. The van der Waals surface area contributed by atoms with E-state index >= 15 is 0 Å². The maximum Gasteiger partial charge on any atom is 0.338 e. The molecule has 0 radical (unpaired) electrons. The Kier molecular flexibility index (Phi) is 7.44. The van der Waals surface area contributed by atoms with E-state index in [0.717, 1.165) is 4.90 Å². The molecule has 1 saturated heterocycles. The maximum atomic E-state index is 12.8. The van der Waals surface area contributed by atoms with Crippen LogP contribution in [-0.4, -0.2) is 46.9 Å². The molecule has 0 bridgehead atoms. The van der Waals surface area contributed by atoms with Gasteiger partial charge in [-0.2, -0.15) is 0 Å². The number of rotatable bonds is 6. The van der Waals surface area contributed by atoms with Crippen LogP contribution in [-0.2, 0) is 14.2 Å². The Labute approximate surface area is 196 Å². The fourth-order valence-corrected chi connectivity index (χ4v) is 4.71. The van der Waals surface area contributed by atoms with Crippen LogP contribution in [0.4, 0.5) is 0 Å². The molecule has 1 aliphatic rings. The van der Waals surface area contributed by atoms with Crippen LogP contribution in [0.3, 0.4) is 0 Å². The van der Waals surface area contributed by atoms with Crippen molar-refractivity contribution in [3.63, 3.8) is 0 Å². The average Bonchev–Trinajstić information content (AvgIpc) is 2.85. The first-order valence-corrected chi connectivity index (χ1v) is 11.5. The molecular formula is C26H24O6S. The van der Waals surface area contributed by atoms with Crippen LogP contribution in [0.5, 0.6) is 0 Å². The van der Waals surface area contributed by atoms with Crippen LogP contribution in [0.15, 0.2) is 95.9 Å². The Bertz CT molecular complexity index is 1060. The summed E-state index contributed by atoms with van der Waals surface area (Å²) in [5.74, 6) is -1.18. The predicted octanol–water partition coefficient (Wildman–Crippen LogP) is 4.34. The fraction of sp³-hybridized carbons (Fsp3) is 0.231. The number of benzene rings is 3. The minimum atomic E-state index is -1.28. The first-order chi connectivity index (χ1) is 16.0. The van der Waals surface area contributed by atoms with Gasteiger partial charge in [0.2, 0.25) is 0 Å². The highest BCUT2D eigenvalue weighted by Gasteiger charge is 2.48. The number of esters is 2. The molecule has 0 amide bonds. The molecule has 1 heterocycles. The van der Waals surface area contributed by atoms with Crippen LogP contribution < -0.4 is 0 Å². The third-order valence-corrected chi connectivity index (χ3v) is 6.41. The van der Waals surface area contributed by atoms with Crippen LogP contribution in [0, 0.1) is 0 Å². The molecular weight excluding hydrogens is 440 g/mol. The van der Waals surface area contributed by atoms with E-state index in [9.17, 15) is 14.7 Å². The van der Waals surface area contributed by atoms with Crippen LogP contribution >= 0.6 is 11.8 Å². The third-order valence-electron chi connectivity index (χ3n) is 5.25. The van der Waals surface area contributed by atoms with Crippen molar-refractivity contribution in [3.8, 4) is 0 Å². The van der Waals surface area contributed by atoms with Gasteiger partial charge in [-0.1, -0.05) is 66.4 Å². The third kappa shape index (κ3) is 5.63. The van der Waals surface area contributed by atoms with Crippen molar-refractivity contribution >= 4 is 23.7 Å². The minimum Gasteiger partial charge on any atom is -0.453 e. The quantitative estimate of drug-likeness (QED) is 0.544. The number of hydrogen-bond acceptors (Lipinski definition) is 7. The molecule has 7 heteroatoms. The van der Waals surface area contributed by atoms with E-state index in [0.29, 0.717) is 11.1 Å². The highest BCUT2D eigenvalue weighted by Crippen LogP contribution is 2.36. The Balaban J connectivity index is 1.56. The average molecular weight is 465 g/mol. The number of ether oxygens (including phenoxy) is 3. The summed E-state index contributed by atoms with van der Waals surface area (Å²) < 4.78 is 17.4. The molecule has 0 saturated carbocycles. The van der Waals surface area contributed by atoms with Crippen molar-refractivity contribution in [2.75, 3.05) is 0 Å². The second-order valence-electron chi connectivity index (χ2n) is 7.60. The Hall–Kier alpha value is -3.13. The van der Waals surface area contributed by atoms with Crippen LogP contribution in [0.25, 0.3) is 0 Å². The number of thioether (sulfide) groups is 1. The molecule has 2 unspecified atom stereocenters. The van der Waals surface area contributed by atoms with Gasteiger partial charge in [0.25, 0.3) is 0 Å². The standard InChI is InChI=1S/C26H24O6S/c1-17-22(31-24(28)18-11-5-2-6-12-18)21(27)23(32-25(29)19-13-7-3-8-14-19)26(30-17)33-20-15-9-4-10-16-20/h2-17,21-23,26-27H,1H3/t17?,21-,22+,23?,26+/m1/s1. The predicted molar refractivity (Wildman–Crippen MR) is 124 cm³/mol. The largest absolute Gasteiger partial charge is 0.453 e. The molecule has 4 rings (SSSR count). The molecule has 170 valence electrons. The molecule has 3 aromatic carbocycles. The van der Waals surface area contributed by atoms with Gasteiger partial charge in [0.15, 0.2) is 12.2 Å². The summed E-state index contributed by atoms with van der Waals surface area (Å²) in [6.45, 7) is 1.72. The molecule has 6 nitrogen and oxygen atoms in total. The second-order valence-corrected chi connectivity index (χ2v) is 8.77. The van der Waals surface area contributed by atoms with E-state index in [4.69, 9.17) is 14.2 Å². The SMILES string of the molecule is CC1O[C@@H](Sc2ccccc2)C(OC(=O)c2ccccc2)[C@H](O)[C@H]1OC(=O)c1ccccc1. The van der Waals surface area contributed by atoms with Gasteiger partial charge in [0, 0.05) is 4.90 Å². The highest BCUT2D eigenvalue weighted by atomic mass is 32.2. The molecule has 0 aliphatic carbocycles. The summed E-state index contributed by atoms with van der Waals surface area (Å²) in [6, 6.07) is 26.5. The van der Waals surface area contributed by atoms with Gasteiger partial charge in [0.05, 0.1) is 17.2 Å². The van der Waals surface area contributed by atoms with Gasteiger partial charge in [-0.05, 0) is 43.3 Å². The minimum absolute atomic E-state index is 0.351. The molecule has 5 atom stereocenters. The van der Waals surface area contributed by atoms with Crippen LogP contribution in [0.1, 0.15) is 27.6 Å². The maximum absolute atomic E-state index is 12.8. The number of carbonyl (C=O) groups excluding carboxylic acids is 2. The zero-order valence-electron chi connectivity index (χ0n) is 17.9. The molecule has 1 fully saturated rings. The lowest BCUT2D eigenvalue weighted by atomic mass is 10.00. The van der Waals surface area contributed by atoms with Gasteiger partial charge in [-0.25, -0.2) is 9.59 Å². The van der Waals surface area contributed by atoms with E-state index in [1.807, 2.05) is 30.3 Å². The summed E-state index contributed by atoms with van der Waals surface area (Å²) in [5, 5.41) is 11.2. The van der Waals surface area contributed by atoms with Crippen molar-refractivity contribution in [1.29, 1.82) is 0 Å². The lowest BCUT2D eigenvalue weighted by molar-refractivity contribution is -0.194. The molecule has 1 N–H and O–H groups in total. The first-order valence-electron chi connectivity index (χ1n) is 10.6. The number of hydrogen-bond donors (Lipinski definition) is 1. The Morgan fingerprint density at radius 1 is 0.758 bits per heavy atom. The van der Waals surface area contributed by atoms with Gasteiger partial charge in [-0.15, -0.1) is 0 Å². The van der Waals surface area contributed by atoms with Crippen molar-refractivity contribution in [2.45, 2.75) is 41.7 Å². The van der Waals surface area contributed by atoms with E-state index in [1.165, 1.54) is 11.8 Å². The summed E-state index contributed by atoms with van der Waals surface area (Å²) >= 11 is 1.33. The van der Waals surface area contributed by atoms with Gasteiger partial charge in [0.1, 0.15) is 11.5 Å². The fourth-order valence-electron chi connectivity index (χ4n) is 3.54. The monoisotopic (exact) mass is 464 g/mol. The molecule has 1 aliphatic heterocycles. The van der Waals surface area contributed by atoms with Crippen molar-refractivity contribution in [2.24, 2.45) is 0 Å². The molecule has 33 heavy (non-hydrogen) atoms. The summed E-state index contributed by atoms with van der Waals surface area (Å²) in [5.41, 5.74) is 0.0110. The van der Waals surface area contributed by atoms with Crippen LogP contribution in [0.2, 0.25) is 0 Å². The molecule has 3 aromatic rings. The summed E-state index contributed by atoms with van der Waals surface area (Å²) in [6.07, 6.45) is -3.98. The number of aliphatic hydroxyl groups excluding tert-OH is 1. The van der Waals surface area contributed by atoms with Crippen molar-refractivity contribution in [3.05, 3.63) is 102 Å². The van der Waals surface area contributed by atoms with E-state index in [2.05, 4.69) is 0 Å². The smallest absolute Gasteiger partial charge is 0.338 e. The van der Waals surface area contributed by atoms with E-state index in [1.54, 1.807) is 67.6 Å². The number of aliphatic hydroxyl groups is 1. The summed E-state index contributed by atoms with van der Waals surface area (Å²) in [4.78, 5) is 26.3. The number of carbonyl (C=O) groups is 2. The summed E-state index contributed by atoms with van der Waals surface area (Å²) in [7, 11) is 0. The first kappa shape index (κ1) is 23.0. The topological polar surface area (TPSA) is 82.1 Å².